The number of aryl methyl sites for hydroxylation is 1. The minimum absolute atomic E-state index is 0.694. The van der Waals surface area contributed by atoms with Crippen LogP contribution in [-0.4, -0.2) is 23.8 Å². The Morgan fingerprint density at radius 3 is 3.20 bits per heavy atom. The standard InChI is InChI=1S/C11H16N2S2/c1-2-8(6-12-4-1)11-13-9-3-5-14-7-10(9)15-11/h8,12H,1-7H2. The van der Waals surface area contributed by atoms with Gasteiger partial charge in [0.1, 0.15) is 0 Å². The van der Waals surface area contributed by atoms with Gasteiger partial charge in [0.25, 0.3) is 0 Å². The number of thioether (sulfide) groups is 1. The summed E-state index contributed by atoms with van der Waals surface area (Å²) in [6, 6.07) is 0. The third kappa shape index (κ3) is 2.08. The fraction of sp³-hybridized carbons (Fsp3) is 0.727. The predicted molar refractivity (Wildman–Crippen MR) is 66.8 cm³/mol. The van der Waals surface area contributed by atoms with Crippen LogP contribution in [0, 0.1) is 0 Å². The lowest BCUT2D eigenvalue weighted by atomic mass is 10.0. The third-order valence-electron chi connectivity index (χ3n) is 3.16. The second kappa shape index (κ2) is 4.44. The van der Waals surface area contributed by atoms with Crippen molar-refractivity contribution >= 4 is 23.1 Å². The van der Waals surface area contributed by atoms with Crippen LogP contribution in [-0.2, 0) is 12.2 Å². The van der Waals surface area contributed by atoms with Crippen molar-refractivity contribution in [1.29, 1.82) is 0 Å². The minimum Gasteiger partial charge on any atom is -0.316 e. The lowest BCUT2D eigenvalue weighted by Crippen LogP contribution is -2.28. The zero-order valence-electron chi connectivity index (χ0n) is 8.79. The van der Waals surface area contributed by atoms with Crippen molar-refractivity contribution in [2.75, 3.05) is 18.8 Å². The van der Waals surface area contributed by atoms with Crippen LogP contribution < -0.4 is 5.32 Å². The Balaban J connectivity index is 1.82. The molecule has 15 heavy (non-hydrogen) atoms. The molecular weight excluding hydrogens is 224 g/mol. The second-order valence-electron chi connectivity index (χ2n) is 4.27. The first-order valence-electron chi connectivity index (χ1n) is 5.70. The predicted octanol–water partition coefficient (Wildman–Crippen LogP) is 2.40. The number of thiazole rings is 1. The smallest absolute Gasteiger partial charge is 0.0975 e. The van der Waals surface area contributed by atoms with E-state index in [0.717, 1.165) is 6.54 Å². The van der Waals surface area contributed by atoms with Crippen LogP contribution >= 0.6 is 23.1 Å². The molecule has 0 spiro atoms. The highest BCUT2D eigenvalue weighted by Gasteiger charge is 2.22. The molecule has 0 bridgehead atoms. The Morgan fingerprint density at radius 1 is 1.40 bits per heavy atom. The van der Waals surface area contributed by atoms with Crippen molar-refractivity contribution in [3.05, 3.63) is 15.6 Å². The van der Waals surface area contributed by atoms with Gasteiger partial charge in [-0.3, -0.25) is 0 Å². The molecule has 4 heteroatoms. The molecule has 82 valence electrons. The molecule has 0 aliphatic carbocycles. The van der Waals surface area contributed by atoms with Gasteiger partial charge in [-0.2, -0.15) is 11.8 Å². The summed E-state index contributed by atoms with van der Waals surface area (Å²) in [6.07, 6.45) is 3.83. The number of fused-ring (bicyclic) bond motifs is 1. The fourth-order valence-corrected chi connectivity index (χ4v) is 4.64. The molecular formula is C11H16N2S2. The number of hydrogen-bond donors (Lipinski definition) is 1. The van der Waals surface area contributed by atoms with Crippen LogP contribution in [0.5, 0.6) is 0 Å². The van der Waals surface area contributed by atoms with E-state index in [1.165, 1.54) is 48.0 Å². The topological polar surface area (TPSA) is 24.9 Å². The Hall–Kier alpha value is -0.0600. The van der Waals surface area contributed by atoms with E-state index in [-0.39, 0.29) is 0 Å². The molecule has 2 nitrogen and oxygen atoms in total. The van der Waals surface area contributed by atoms with E-state index in [2.05, 4.69) is 17.1 Å². The van der Waals surface area contributed by atoms with Crippen LogP contribution in [0.25, 0.3) is 0 Å². The molecule has 1 saturated heterocycles. The van der Waals surface area contributed by atoms with E-state index in [1.807, 2.05) is 11.3 Å². The first kappa shape index (κ1) is 10.1. The van der Waals surface area contributed by atoms with Crippen LogP contribution in [0.3, 0.4) is 0 Å². The van der Waals surface area contributed by atoms with Crippen molar-refractivity contribution in [2.45, 2.75) is 30.9 Å². The van der Waals surface area contributed by atoms with Crippen molar-refractivity contribution in [1.82, 2.24) is 10.3 Å². The van der Waals surface area contributed by atoms with Crippen LogP contribution in [0.15, 0.2) is 0 Å². The van der Waals surface area contributed by atoms with E-state index in [4.69, 9.17) is 4.98 Å². The van der Waals surface area contributed by atoms with Gasteiger partial charge in [0.05, 0.1) is 10.7 Å². The molecule has 1 aromatic rings. The maximum Gasteiger partial charge on any atom is 0.0975 e. The second-order valence-corrected chi connectivity index (χ2v) is 6.49. The molecule has 0 saturated carbocycles. The molecule has 2 aliphatic rings. The number of nitrogens with one attached hydrogen (secondary N) is 1. The molecule has 0 radical (unpaired) electrons. The van der Waals surface area contributed by atoms with E-state index in [9.17, 15) is 0 Å². The molecule has 1 fully saturated rings. The average molecular weight is 240 g/mol. The number of aromatic nitrogens is 1. The van der Waals surface area contributed by atoms with E-state index >= 15 is 0 Å². The van der Waals surface area contributed by atoms with Gasteiger partial charge >= 0.3 is 0 Å². The Bertz CT molecular complexity index is 319. The number of hydrogen-bond acceptors (Lipinski definition) is 4. The first-order chi connectivity index (χ1) is 7.43. The van der Waals surface area contributed by atoms with Crippen LogP contribution in [0.2, 0.25) is 0 Å². The van der Waals surface area contributed by atoms with Crippen molar-refractivity contribution in [3.63, 3.8) is 0 Å². The molecule has 1 unspecified atom stereocenters. The van der Waals surface area contributed by atoms with Crippen molar-refractivity contribution < 1.29 is 0 Å². The summed E-state index contributed by atoms with van der Waals surface area (Å²) in [5.74, 6) is 3.16. The summed E-state index contributed by atoms with van der Waals surface area (Å²) < 4.78 is 0. The molecule has 1 atom stereocenters. The van der Waals surface area contributed by atoms with Crippen LogP contribution in [0.4, 0.5) is 0 Å². The zero-order chi connectivity index (χ0) is 10.1. The van der Waals surface area contributed by atoms with Crippen molar-refractivity contribution in [2.24, 2.45) is 0 Å². The van der Waals surface area contributed by atoms with Crippen LogP contribution in [0.1, 0.15) is 34.3 Å². The summed E-state index contributed by atoms with van der Waals surface area (Å²) in [6.45, 7) is 2.33. The fourth-order valence-electron chi connectivity index (χ4n) is 2.28. The normalized spacial score (nSPS) is 26.3. The maximum absolute atomic E-state index is 4.84. The van der Waals surface area contributed by atoms with E-state index in [0.29, 0.717) is 5.92 Å². The number of nitrogens with zero attached hydrogens (tertiary/aromatic N) is 1. The molecule has 3 heterocycles. The SMILES string of the molecule is C1CNCC(c2nc3c(s2)CSCC3)C1. The molecule has 3 rings (SSSR count). The third-order valence-corrected chi connectivity index (χ3v) is 5.59. The highest BCUT2D eigenvalue weighted by atomic mass is 32.2. The highest BCUT2D eigenvalue weighted by Crippen LogP contribution is 2.34. The Kier molecular flexibility index (Phi) is 2.99. The molecule has 1 aromatic heterocycles. The van der Waals surface area contributed by atoms with Gasteiger partial charge in [-0.15, -0.1) is 11.3 Å². The summed E-state index contributed by atoms with van der Waals surface area (Å²) in [5, 5.41) is 4.87. The molecule has 1 N–H and O–H groups in total. The highest BCUT2D eigenvalue weighted by molar-refractivity contribution is 7.98. The van der Waals surface area contributed by atoms with Gasteiger partial charge in [-0.25, -0.2) is 4.98 Å². The molecule has 2 aliphatic heterocycles. The summed E-state index contributed by atoms with van der Waals surface area (Å²) in [4.78, 5) is 6.39. The zero-order valence-corrected chi connectivity index (χ0v) is 10.4. The van der Waals surface area contributed by atoms with Crippen molar-refractivity contribution in [3.8, 4) is 0 Å². The minimum atomic E-state index is 0.694. The summed E-state index contributed by atoms with van der Waals surface area (Å²) in [7, 11) is 0. The lowest BCUT2D eigenvalue weighted by molar-refractivity contribution is 0.460. The van der Waals surface area contributed by atoms with Gasteiger partial charge in [0, 0.05) is 23.1 Å². The monoisotopic (exact) mass is 240 g/mol. The summed E-state index contributed by atoms with van der Waals surface area (Å²) >= 11 is 4.02. The van der Waals surface area contributed by atoms with Gasteiger partial charge < -0.3 is 5.32 Å². The number of piperidine rings is 1. The first-order valence-corrected chi connectivity index (χ1v) is 7.67. The Labute approximate surface area is 98.9 Å². The lowest BCUT2D eigenvalue weighted by Gasteiger charge is -2.20. The number of rotatable bonds is 1. The molecule has 0 aromatic carbocycles. The molecule has 0 amide bonds. The Morgan fingerprint density at radius 2 is 2.40 bits per heavy atom. The van der Waals surface area contributed by atoms with Gasteiger partial charge in [-0.1, -0.05) is 0 Å². The maximum atomic E-state index is 4.84. The van der Waals surface area contributed by atoms with E-state index < -0.39 is 0 Å². The van der Waals surface area contributed by atoms with Gasteiger partial charge in [0.15, 0.2) is 0 Å². The average Bonchev–Trinajstić information content (AvgIpc) is 2.74. The van der Waals surface area contributed by atoms with Gasteiger partial charge in [0.2, 0.25) is 0 Å². The largest absolute Gasteiger partial charge is 0.316 e. The van der Waals surface area contributed by atoms with Gasteiger partial charge in [-0.05, 0) is 31.6 Å². The summed E-state index contributed by atoms with van der Waals surface area (Å²) in [5.41, 5.74) is 1.40. The van der Waals surface area contributed by atoms with E-state index in [1.54, 1.807) is 4.88 Å². The quantitative estimate of drug-likeness (QED) is 0.816.